The van der Waals surface area contributed by atoms with E-state index in [1.165, 1.54) is 12.1 Å². The van der Waals surface area contributed by atoms with E-state index in [1.807, 2.05) is 20.8 Å². The van der Waals surface area contributed by atoms with Crippen molar-refractivity contribution in [1.82, 2.24) is 0 Å². The summed E-state index contributed by atoms with van der Waals surface area (Å²) in [6.45, 7) is 10.3. The number of halogens is 1. The van der Waals surface area contributed by atoms with Gasteiger partial charge in [-0.15, -0.1) is 0 Å². The fourth-order valence-corrected chi connectivity index (χ4v) is 1.02. The van der Waals surface area contributed by atoms with Crippen molar-refractivity contribution in [3.8, 4) is 5.75 Å². The van der Waals surface area contributed by atoms with Crippen LogP contribution in [0.5, 0.6) is 5.75 Å². The third kappa shape index (κ3) is 4.63. The molecule has 2 heteroatoms. The summed E-state index contributed by atoms with van der Waals surface area (Å²) >= 11 is 0. The fraction of sp³-hybridized carbons (Fsp3) is 0.385. The lowest BCUT2D eigenvalue weighted by atomic mass is 10.2. The summed E-state index contributed by atoms with van der Waals surface area (Å²) in [5.74, 6) is 0.428. The first kappa shape index (κ1) is 13.7. The van der Waals surface area contributed by atoms with Gasteiger partial charge in [0.25, 0.3) is 0 Å². The molecule has 1 aromatic carbocycles. The third-order valence-corrected chi connectivity index (χ3v) is 1.65. The monoisotopic (exact) mass is 210 g/mol. The van der Waals surface area contributed by atoms with Crippen LogP contribution in [0.4, 0.5) is 4.39 Å². The van der Waals surface area contributed by atoms with Gasteiger partial charge in [0.15, 0.2) is 0 Å². The number of hydrogen-bond acceptors (Lipinski definition) is 1. The van der Waals surface area contributed by atoms with Gasteiger partial charge in [0, 0.05) is 5.56 Å². The first-order chi connectivity index (χ1) is 7.27. The highest BCUT2D eigenvalue weighted by Gasteiger charge is 2.00. The highest BCUT2D eigenvalue weighted by Crippen LogP contribution is 2.20. The van der Waals surface area contributed by atoms with Crippen LogP contribution in [-0.4, -0.2) is 6.61 Å². The summed E-state index contributed by atoms with van der Waals surface area (Å²) < 4.78 is 18.1. The molecule has 0 aliphatic heterocycles. The van der Waals surface area contributed by atoms with E-state index in [4.69, 9.17) is 4.74 Å². The second-order valence-electron chi connectivity index (χ2n) is 2.73. The van der Waals surface area contributed by atoms with E-state index in [9.17, 15) is 4.39 Å². The lowest BCUT2D eigenvalue weighted by molar-refractivity contribution is 0.316. The molecule has 0 aromatic heterocycles. The highest BCUT2D eigenvalue weighted by molar-refractivity contribution is 5.55. The molecule has 0 radical (unpaired) electrons. The third-order valence-electron chi connectivity index (χ3n) is 1.65. The number of benzene rings is 1. The van der Waals surface area contributed by atoms with E-state index >= 15 is 0 Å². The van der Waals surface area contributed by atoms with Crippen molar-refractivity contribution in [2.45, 2.75) is 27.2 Å². The maximum atomic E-state index is 12.8. The molecule has 0 saturated carbocycles. The summed E-state index contributed by atoms with van der Waals surface area (Å²) in [4.78, 5) is 0. The SMILES string of the molecule is C=Cc1cc(F)ccc1OCCC.CC. The van der Waals surface area contributed by atoms with Gasteiger partial charge in [0.1, 0.15) is 11.6 Å². The smallest absolute Gasteiger partial charge is 0.126 e. The minimum atomic E-state index is -0.265. The van der Waals surface area contributed by atoms with Gasteiger partial charge in [-0.2, -0.15) is 0 Å². The molecule has 0 unspecified atom stereocenters. The largest absolute Gasteiger partial charge is 0.493 e. The van der Waals surface area contributed by atoms with Crippen LogP contribution in [0.3, 0.4) is 0 Å². The van der Waals surface area contributed by atoms with Crippen molar-refractivity contribution >= 4 is 6.08 Å². The summed E-state index contributed by atoms with van der Waals surface area (Å²) in [7, 11) is 0. The molecule has 15 heavy (non-hydrogen) atoms. The van der Waals surface area contributed by atoms with Crippen molar-refractivity contribution < 1.29 is 9.13 Å². The van der Waals surface area contributed by atoms with E-state index in [2.05, 4.69) is 6.58 Å². The van der Waals surface area contributed by atoms with Crippen LogP contribution in [0.25, 0.3) is 6.08 Å². The molecule has 0 bridgehead atoms. The van der Waals surface area contributed by atoms with Crippen molar-refractivity contribution in [3.05, 3.63) is 36.2 Å². The first-order valence-corrected chi connectivity index (χ1v) is 5.32. The molecule has 0 fully saturated rings. The topological polar surface area (TPSA) is 9.23 Å². The van der Waals surface area contributed by atoms with Crippen LogP contribution >= 0.6 is 0 Å². The Balaban J connectivity index is 0.000000921. The highest BCUT2D eigenvalue weighted by atomic mass is 19.1. The van der Waals surface area contributed by atoms with E-state index < -0.39 is 0 Å². The van der Waals surface area contributed by atoms with Gasteiger partial charge in [0.05, 0.1) is 6.61 Å². The summed E-state index contributed by atoms with van der Waals surface area (Å²) in [6.07, 6.45) is 2.53. The zero-order valence-corrected chi connectivity index (χ0v) is 9.72. The molecule has 0 aliphatic carbocycles. The lowest BCUT2D eigenvalue weighted by Gasteiger charge is -2.07. The first-order valence-electron chi connectivity index (χ1n) is 5.32. The van der Waals surface area contributed by atoms with E-state index in [0.717, 1.165) is 6.42 Å². The van der Waals surface area contributed by atoms with Crippen molar-refractivity contribution in [2.75, 3.05) is 6.61 Å². The molecule has 1 rings (SSSR count). The second-order valence-corrected chi connectivity index (χ2v) is 2.73. The summed E-state index contributed by atoms with van der Waals surface area (Å²) in [6, 6.07) is 4.43. The van der Waals surface area contributed by atoms with Crippen molar-refractivity contribution in [1.29, 1.82) is 0 Å². The van der Waals surface area contributed by atoms with Crippen LogP contribution in [0.15, 0.2) is 24.8 Å². The Morgan fingerprint density at radius 3 is 2.60 bits per heavy atom. The van der Waals surface area contributed by atoms with Crippen LogP contribution in [0.1, 0.15) is 32.8 Å². The average molecular weight is 210 g/mol. The molecule has 0 amide bonds. The summed E-state index contributed by atoms with van der Waals surface area (Å²) in [5, 5.41) is 0. The Bertz CT molecular complexity index is 295. The van der Waals surface area contributed by atoms with Gasteiger partial charge in [-0.25, -0.2) is 4.39 Å². The maximum absolute atomic E-state index is 12.8. The molecule has 1 aromatic rings. The molecule has 0 spiro atoms. The fourth-order valence-electron chi connectivity index (χ4n) is 1.02. The van der Waals surface area contributed by atoms with Crippen molar-refractivity contribution in [2.24, 2.45) is 0 Å². The normalized spacial score (nSPS) is 8.80. The Kier molecular flexibility index (Phi) is 7.33. The van der Waals surface area contributed by atoms with Crippen LogP contribution in [-0.2, 0) is 0 Å². The van der Waals surface area contributed by atoms with Gasteiger partial charge in [-0.05, 0) is 24.6 Å². The summed E-state index contributed by atoms with van der Waals surface area (Å²) in [5.41, 5.74) is 0.702. The van der Waals surface area contributed by atoms with Gasteiger partial charge < -0.3 is 4.74 Å². The average Bonchev–Trinajstić information content (AvgIpc) is 2.30. The standard InChI is InChI=1S/C11H13FO.C2H6/c1-3-7-13-11-6-5-10(12)8-9(11)4-2;1-2/h4-6,8H,2-3,7H2,1H3;1-2H3. The van der Waals surface area contributed by atoms with E-state index in [0.29, 0.717) is 17.9 Å². The van der Waals surface area contributed by atoms with Crippen LogP contribution in [0, 0.1) is 5.82 Å². The van der Waals surface area contributed by atoms with Crippen molar-refractivity contribution in [3.63, 3.8) is 0 Å². The minimum Gasteiger partial charge on any atom is -0.493 e. The molecule has 0 atom stereocenters. The van der Waals surface area contributed by atoms with Crippen LogP contribution in [0.2, 0.25) is 0 Å². The van der Waals surface area contributed by atoms with Gasteiger partial charge >= 0.3 is 0 Å². The molecule has 0 aliphatic rings. The number of ether oxygens (including phenoxy) is 1. The second kappa shape index (κ2) is 8.04. The minimum absolute atomic E-state index is 0.265. The Morgan fingerprint density at radius 1 is 1.40 bits per heavy atom. The quantitative estimate of drug-likeness (QED) is 0.720. The predicted molar refractivity (Wildman–Crippen MR) is 63.6 cm³/mol. The van der Waals surface area contributed by atoms with E-state index in [1.54, 1.807) is 12.1 Å². The lowest BCUT2D eigenvalue weighted by Crippen LogP contribution is -1.96. The molecule has 1 nitrogen and oxygen atoms in total. The number of hydrogen-bond donors (Lipinski definition) is 0. The molecule has 84 valence electrons. The van der Waals surface area contributed by atoms with Gasteiger partial charge in [-0.3, -0.25) is 0 Å². The molecular formula is C13H19FO. The zero-order chi connectivity index (χ0) is 11.7. The Morgan fingerprint density at radius 2 is 2.07 bits per heavy atom. The Labute approximate surface area is 91.6 Å². The van der Waals surface area contributed by atoms with E-state index in [-0.39, 0.29) is 5.82 Å². The van der Waals surface area contributed by atoms with Gasteiger partial charge in [-0.1, -0.05) is 33.4 Å². The molecule has 0 N–H and O–H groups in total. The number of rotatable bonds is 4. The molecular weight excluding hydrogens is 191 g/mol. The van der Waals surface area contributed by atoms with Gasteiger partial charge in [0.2, 0.25) is 0 Å². The molecule has 0 saturated heterocycles. The maximum Gasteiger partial charge on any atom is 0.126 e. The molecule has 0 heterocycles. The predicted octanol–water partition coefficient (Wildman–Crippen LogP) is 4.28. The van der Waals surface area contributed by atoms with Crippen LogP contribution < -0.4 is 4.74 Å². The Hall–Kier alpha value is -1.31. The zero-order valence-electron chi connectivity index (χ0n) is 9.72.